The van der Waals surface area contributed by atoms with Crippen LogP contribution in [0.4, 0.5) is 0 Å². The van der Waals surface area contributed by atoms with Gasteiger partial charge in [0.1, 0.15) is 0 Å². The maximum Gasteiger partial charge on any atom is 0.317 e. The van der Waals surface area contributed by atoms with Crippen LogP contribution in [-0.2, 0) is 9.53 Å². The van der Waals surface area contributed by atoms with Gasteiger partial charge in [0.05, 0.1) is 31.5 Å². The highest BCUT2D eigenvalue weighted by molar-refractivity contribution is 5.92. The van der Waals surface area contributed by atoms with E-state index in [1.807, 2.05) is 4.90 Å². The fourth-order valence-electron chi connectivity index (χ4n) is 3.37. The third-order valence-corrected chi connectivity index (χ3v) is 4.26. The van der Waals surface area contributed by atoms with Crippen molar-refractivity contribution in [1.29, 1.82) is 0 Å². The highest BCUT2D eigenvalue weighted by Crippen LogP contribution is 2.23. The second kappa shape index (κ2) is 6.29. The predicted molar refractivity (Wildman–Crippen MR) is 79.2 cm³/mol. The molecular formula is C15H21N3O5. The maximum atomic E-state index is 12.9. The molecule has 8 nitrogen and oxygen atoms in total. The smallest absolute Gasteiger partial charge is 0.317 e. The zero-order chi connectivity index (χ0) is 16.6. The monoisotopic (exact) mass is 323 g/mol. The minimum absolute atomic E-state index is 0.0184. The van der Waals surface area contributed by atoms with Gasteiger partial charge in [0, 0.05) is 32.5 Å². The van der Waals surface area contributed by atoms with Crippen LogP contribution < -0.4 is 0 Å². The number of carboxylic acids is 1. The van der Waals surface area contributed by atoms with Crippen LogP contribution in [0, 0.1) is 19.8 Å². The standard InChI is InChI=1S/C15H21N3O5/c1-9-14(23-10(2)16-9)15(21)18-4-11-3-17(6-13(19)20)5-12(18)8-22-7-11/h11-12H,3-8H2,1-2H3,(H,19,20)/t11-,12-/m0/s1. The Kier molecular flexibility index (Phi) is 4.36. The van der Waals surface area contributed by atoms with Crippen molar-refractivity contribution in [3.05, 3.63) is 17.3 Å². The van der Waals surface area contributed by atoms with Crippen LogP contribution in [0.15, 0.2) is 4.42 Å². The quantitative estimate of drug-likeness (QED) is 0.845. The molecule has 23 heavy (non-hydrogen) atoms. The lowest BCUT2D eigenvalue weighted by atomic mass is 10.1. The van der Waals surface area contributed by atoms with Crippen molar-refractivity contribution in [3.8, 4) is 0 Å². The molecule has 3 rings (SSSR count). The van der Waals surface area contributed by atoms with Crippen LogP contribution in [0.25, 0.3) is 0 Å². The number of aliphatic carboxylic acids is 1. The summed E-state index contributed by atoms with van der Waals surface area (Å²) >= 11 is 0. The summed E-state index contributed by atoms with van der Waals surface area (Å²) in [4.78, 5) is 31.7. The lowest BCUT2D eigenvalue weighted by Gasteiger charge is -2.30. The highest BCUT2D eigenvalue weighted by Gasteiger charge is 2.38. The van der Waals surface area contributed by atoms with Crippen LogP contribution in [0.1, 0.15) is 22.1 Å². The molecule has 0 aromatic carbocycles. The molecule has 3 heterocycles. The number of amides is 1. The van der Waals surface area contributed by atoms with Gasteiger partial charge in [-0.25, -0.2) is 4.98 Å². The summed E-state index contributed by atoms with van der Waals surface area (Å²) in [6.07, 6.45) is 0. The van der Waals surface area contributed by atoms with Gasteiger partial charge in [-0.05, 0) is 6.92 Å². The first-order chi connectivity index (χ1) is 10.9. The van der Waals surface area contributed by atoms with E-state index in [-0.39, 0.29) is 30.2 Å². The van der Waals surface area contributed by atoms with Crippen molar-refractivity contribution < 1.29 is 23.8 Å². The average molecular weight is 323 g/mol. The second-order valence-electron chi connectivity index (χ2n) is 6.25. The Hall–Kier alpha value is -1.93. The molecule has 2 aliphatic rings. The van der Waals surface area contributed by atoms with Crippen molar-refractivity contribution in [3.63, 3.8) is 0 Å². The van der Waals surface area contributed by atoms with Crippen molar-refractivity contribution in [2.75, 3.05) is 39.4 Å². The molecule has 2 aliphatic heterocycles. The zero-order valence-corrected chi connectivity index (χ0v) is 13.3. The number of hydrogen-bond donors (Lipinski definition) is 1. The SMILES string of the molecule is Cc1nc(C)c(C(=O)N2C[C@H]3COC[C@@H]2CN(CC(=O)O)C3)o1. The van der Waals surface area contributed by atoms with Gasteiger partial charge in [0.2, 0.25) is 5.76 Å². The van der Waals surface area contributed by atoms with Crippen LogP contribution in [0.5, 0.6) is 0 Å². The highest BCUT2D eigenvalue weighted by atomic mass is 16.5. The fourth-order valence-corrected chi connectivity index (χ4v) is 3.37. The van der Waals surface area contributed by atoms with Crippen LogP contribution in [0.3, 0.4) is 0 Å². The van der Waals surface area contributed by atoms with Gasteiger partial charge in [-0.15, -0.1) is 0 Å². The number of carbonyl (C=O) groups is 2. The summed E-state index contributed by atoms with van der Waals surface area (Å²) < 4.78 is 11.1. The number of nitrogens with zero attached hydrogens (tertiary/aromatic N) is 3. The van der Waals surface area contributed by atoms with Crippen molar-refractivity contribution in [2.45, 2.75) is 19.9 Å². The summed E-state index contributed by atoms with van der Waals surface area (Å²) in [5.41, 5.74) is 0.578. The number of aromatic nitrogens is 1. The van der Waals surface area contributed by atoms with Gasteiger partial charge >= 0.3 is 5.97 Å². The summed E-state index contributed by atoms with van der Waals surface area (Å²) in [6, 6.07) is -0.181. The van der Waals surface area contributed by atoms with Gasteiger partial charge in [-0.2, -0.15) is 0 Å². The summed E-state index contributed by atoms with van der Waals surface area (Å²) in [5, 5.41) is 9.04. The summed E-state index contributed by atoms with van der Waals surface area (Å²) in [5.74, 6) is -0.228. The summed E-state index contributed by atoms with van der Waals surface area (Å²) in [6.45, 7) is 6.02. The Bertz CT molecular complexity index is 614. The van der Waals surface area contributed by atoms with Gasteiger partial charge in [-0.1, -0.05) is 0 Å². The molecule has 2 bridgehead atoms. The molecule has 0 saturated carbocycles. The summed E-state index contributed by atoms with van der Waals surface area (Å²) in [7, 11) is 0. The molecular weight excluding hydrogens is 302 g/mol. The number of rotatable bonds is 3. The lowest BCUT2D eigenvalue weighted by Crippen LogP contribution is -2.47. The first-order valence-electron chi connectivity index (χ1n) is 7.71. The van der Waals surface area contributed by atoms with E-state index in [0.29, 0.717) is 44.4 Å². The first-order valence-corrected chi connectivity index (χ1v) is 7.71. The molecule has 1 amide bonds. The molecule has 126 valence electrons. The van der Waals surface area contributed by atoms with Crippen LogP contribution in [0.2, 0.25) is 0 Å². The molecule has 0 unspecified atom stereocenters. The van der Waals surface area contributed by atoms with E-state index in [2.05, 4.69) is 4.98 Å². The van der Waals surface area contributed by atoms with E-state index in [1.165, 1.54) is 0 Å². The van der Waals surface area contributed by atoms with Gasteiger partial charge in [0.25, 0.3) is 5.91 Å². The number of fused-ring (bicyclic) bond motifs is 3. The van der Waals surface area contributed by atoms with E-state index in [0.717, 1.165) is 0 Å². The number of hydrogen-bond acceptors (Lipinski definition) is 6. The second-order valence-corrected chi connectivity index (χ2v) is 6.25. The Morgan fingerprint density at radius 1 is 1.26 bits per heavy atom. The lowest BCUT2D eigenvalue weighted by molar-refractivity contribution is -0.138. The number of aryl methyl sites for hydroxylation is 2. The molecule has 0 aliphatic carbocycles. The van der Waals surface area contributed by atoms with Gasteiger partial charge < -0.3 is 19.2 Å². The zero-order valence-electron chi connectivity index (χ0n) is 13.3. The van der Waals surface area contributed by atoms with E-state index in [4.69, 9.17) is 14.3 Å². The van der Waals surface area contributed by atoms with Crippen LogP contribution >= 0.6 is 0 Å². The average Bonchev–Trinajstić information content (AvgIpc) is 2.61. The molecule has 2 atom stereocenters. The Morgan fingerprint density at radius 2 is 2.04 bits per heavy atom. The minimum Gasteiger partial charge on any atom is -0.480 e. The Labute approximate surface area is 134 Å². The molecule has 8 heteroatoms. The molecule has 0 radical (unpaired) electrons. The topological polar surface area (TPSA) is 96.1 Å². The van der Waals surface area contributed by atoms with Crippen LogP contribution in [-0.4, -0.2) is 77.2 Å². The molecule has 2 fully saturated rings. The van der Waals surface area contributed by atoms with E-state index >= 15 is 0 Å². The third-order valence-electron chi connectivity index (χ3n) is 4.26. The van der Waals surface area contributed by atoms with Crippen molar-refractivity contribution in [2.24, 2.45) is 5.92 Å². The number of ether oxygens (including phenoxy) is 1. The van der Waals surface area contributed by atoms with Crippen molar-refractivity contribution in [1.82, 2.24) is 14.8 Å². The normalized spacial score (nSPS) is 25.2. The fraction of sp³-hybridized carbons (Fsp3) is 0.667. The first kappa shape index (κ1) is 15.9. The largest absolute Gasteiger partial charge is 0.480 e. The molecule has 1 N–H and O–H groups in total. The third kappa shape index (κ3) is 3.37. The van der Waals surface area contributed by atoms with Crippen molar-refractivity contribution >= 4 is 11.9 Å². The van der Waals surface area contributed by atoms with E-state index in [1.54, 1.807) is 18.7 Å². The predicted octanol–water partition coefficient (Wildman–Crippen LogP) is 0.149. The number of carboxylic acid groups (broad SMARTS) is 1. The van der Waals surface area contributed by atoms with Gasteiger partial charge in [-0.3, -0.25) is 14.5 Å². The Morgan fingerprint density at radius 3 is 2.70 bits per heavy atom. The minimum atomic E-state index is -0.856. The van der Waals surface area contributed by atoms with E-state index < -0.39 is 5.97 Å². The van der Waals surface area contributed by atoms with Gasteiger partial charge in [0.15, 0.2) is 5.89 Å². The van der Waals surface area contributed by atoms with E-state index in [9.17, 15) is 9.59 Å². The maximum absolute atomic E-state index is 12.9. The molecule has 0 spiro atoms. The number of carbonyl (C=O) groups excluding carboxylic acids is 1. The Balaban J connectivity index is 1.83. The molecule has 1 aromatic rings. The number of oxazole rings is 1. The molecule has 1 aromatic heterocycles. The molecule has 2 saturated heterocycles.